The van der Waals surface area contributed by atoms with Gasteiger partial charge in [0.25, 0.3) is 0 Å². The molecule has 25 heavy (non-hydrogen) atoms. The van der Waals surface area contributed by atoms with E-state index in [4.69, 9.17) is 28.9 Å². The first-order valence-electron chi connectivity index (χ1n) is 8.43. The predicted octanol–water partition coefficient (Wildman–Crippen LogP) is 6.26. The van der Waals surface area contributed by atoms with Crippen molar-refractivity contribution >= 4 is 61.8 Å². The number of hydrogen-bond donors (Lipinski definition) is 2. The van der Waals surface area contributed by atoms with Gasteiger partial charge < -0.3 is 11.1 Å². The van der Waals surface area contributed by atoms with E-state index in [1.807, 2.05) is 6.07 Å². The first-order valence-corrected chi connectivity index (χ1v) is 10.9. The molecule has 0 spiro atoms. The first kappa shape index (κ1) is 17.6. The van der Waals surface area contributed by atoms with E-state index >= 15 is 0 Å². The lowest BCUT2D eigenvalue weighted by Gasteiger charge is -2.27. The van der Waals surface area contributed by atoms with Gasteiger partial charge in [-0.05, 0) is 24.3 Å². The number of anilines is 1. The molecule has 3 N–H and O–H groups in total. The number of nitrogens with one attached hydrogen (secondary N) is 1. The molecule has 0 bridgehead atoms. The summed E-state index contributed by atoms with van der Waals surface area (Å²) in [5, 5.41) is 6.76. The van der Waals surface area contributed by atoms with Crippen molar-refractivity contribution in [3.63, 3.8) is 0 Å². The third-order valence-electron chi connectivity index (χ3n) is 4.77. The fourth-order valence-corrected chi connectivity index (χ4v) is 6.10. The van der Waals surface area contributed by atoms with Crippen LogP contribution in [0.1, 0.15) is 41.4 Å². The van der Waals surface area contributed by atoms with Gasteiger partial charge in [0.1, 0.15) is 10.7 Å². The third kappa shape index (κ3) is 3.53. The van der Waals surface area contributed by atoms with Crippen molar-refractivity contribution in [2.24, 2.45) is 5.73 Å². The zero-order chi connectivity index (χ0) is 17.4. The molecule has 0 radical (unpaired) electrons. The van der Waals surface area contributed by atoms with E-state index in [1.165, 1.54) is 17.7 Å². The van der Waals surface area contributed by atoms with Crippen molar-refractivity contribution in [1.29, 1.82) is 0 Å². The molecule has 3 aromatic heterocycles. The summed E-state index contributed by atoms with van der Waals surface area (Å²) in [5.74, 6) is 0.323. The highest BCUT2D eigenvalue weighted by molar-refractivity contribution is 7.20. The van der Waals surface area contributed by atoms with Gasteiger partial charge in [0.2, 0.25) is 0 Å². The van der Waals surface area contributed by atoms with Gasteiger partial charge in [0.15, 0.2) is 0 Å². The number of aromatic nitrogens is 1. The van der Waals surface area contributed by atoms with Crippen molar-refractivity contribution in [2.45, 2.75) is 44.2 Å². The highest BCUT2D eigenvalue weighted by Crippen LogP contribution is 2.46. The van der Waals surface area contributed by atoms with Gasteiger partial charge in [-0.25, -0.2) is 4.98 Å². The Kier molecular flexibility index (Phi) is 5.20. The topological polar surface area (TPSA) is 50.9 Å². The molecular weight excluding hydrogens is 393 g/mol. The Hall–Kier alpha value is -0.850. The van der Waals surface area contributed by atoms with E-state index in [0.29, 0.717) is 11.1 Å². The van der Waals surface area contributed by atoms with Gasteiger partial charge in [-0.1, -0.05) is 42.1 Å². The molecule has 0 saturated heterocycles. The normalized spacial score (nSPS) is 20.9. The van der Waals surface area contributed by atoms with Crippen LogP contribution in [-0.2, 0) is 6.54 Å². The summed E-state index contributed by atoms with van der Waals surface area (Å²) in [6.07, 6.45) is 4.57. The number of nitrogens with two attached hydrogens (primary N) is 1. The summed E-state index contributed by atoms with van der Waals surface area (Å²) in [5.41, 5.74) is 8.16. The number of rotatable bonds is 4. The number of hydrogen-bond acceptors (Lipinski definition) is 5. The molecule has 0 aromatic carbocycles. The summed E-state index contributed by atoms with van der Waals surface area (Å²) in [6.45, 7) is 0.765. The minimum atomic E-state index is 0.178. The highest BCUT2D eigenvalue weighted by atomic mass is 35.5. The molecule has 1 fully saturated rings. The zero-order valence-corrected chi connectivity index (χ0v) is 16.7. The number of halogens is 2. The Morgan fingerprint density at radius 3 is 2.88 bits per heavy atom. The van der Waals surface area contributed by atoms with Crippen molar-refractivity contribution in [3.05, 3.63) is 43.5 Å². The van der Waals surface area contributed by atoms with E-state index < -0.39 is 0 Å². The minimum Gasteiger partial charge on any atom is -0.379 e. The maximum atomic E-state index is 6.71. The van der Waals surface area contributed by atoms with E-state index in [1.54, 1.807) is 22.7 Å². The second-order valence-electron chi connectivity index (χ2n) is 6.44. The van der Waals surface area contributed by atoms with E-state index in [-0.39, 0.29) is 6.04 Å². The second-order valence-corrected chi connectivity index (χ2v) is 9.29. The largest absolute Gasteiger partial charge is 0.379 e. The van der Waals surface area contributed by atoms with Crippen LogP contribution in [0.3, 0.4) is 0 Å². The highest BCUT2D eigenvalue weighted by Gasteiger charge is 2.29. The van der Waals surface area contributed by atoms with Gasteiger partial charge in [-0.3, -0.25) is 0 Å². The minimum absolute atomic E-state index is 0.178. The van der Waals surface area contributed by atoms with E-state index in [2.05, 4.69) is 27.8 Å². The number of nitrogens with zero attached hydrogens (tertiary/aromatic N) is 1. The molecule has 1 aliphatic rings. The lowest BCUT2D eigenvalue weighted by molar-refractivity contribution is 0.389. The van der Waals surface area contributed by atoms with Crippen LogP contribution in [0.25, 0.3) is 10.2 Å². The Balaban J connectivity index is 1.72. The molecule has 3 nitrogen and oxygen atoms in total. The summed E-state index contributed by atoms with van der Waals surface area (Å²) >= 11 is 16.4. The molecule has 4 rings (SSSR count). The standard InChI is InChI=1S/C18H19Cl2N3S2/c19-14-8-13(22-9-10-4-3-7-24-10)18-16(23-14)15(20)17(25-18)11-5-1-2-6-12(11)21/h3-4,7-8,11-12H,1-2,5-6,9,21H2,(H,22,23)/t11-,12+/m1/s1. The van der Waals surface area contributed by atoms with Crippen molar-refractivity contribution in [1.82, 2.24) is 4.98 Å². The molecule has 1 saturated carbocycles. The Labute approximate surface area is 165 Å². The van der Waals surface area contributed by atoms with Crippen LogP contribution in [-0.4, -0.2) is 11.0 Å². The van der Waals surface area contributed by atoms with Gasteiger partial charge >= 0.3 is 0 Å². The summed E-state index contributed by atoms with van der Waals surface area (Å²) < 4.78 is 1.07. The molecular formula is C18H19Cl2N3S2. The molecule has 0 unspecified atom stereocenters. The van der Waals surface area contributed by atoms with Crippen molar-refractivity contribution < 1.29 is 0 Å². The average molecular weight is 412 g/mol. The van der Waals surface area contributed by atoms with Crippen molar-refractivity contribution in [3.8, 4) is 0 Å². The van der Waals surface area contributed by atoms with Crippen molar-refractivity contribution in [2.75, 3.05) is 5.32 Å². The van der Waals surface area contributed by atoms with Crippen LogP contribution in [0.4, 0.5) is 5.69 Å². The van der Waals surface area contributed by atoms with Crippen LogP contribution < -0.4 is 11.1 Å². The fraction of sp³-hybridized carbons (Fsp3) is 0.389. The molecule has 3 aromatic rings. The van der Waals surface area contributed by atoms with Crippen LogP contribution >= 0.6 is 45.9 Å². The zero-order valence-electron chi connectivity index (χ0n) is 13.6. The van der Waals surface area contributed by atoms with Crippen LogP contribution in [0, 0.1) is 0 Å². The fourth-order valence-electron chi connectivity index (χ4n) is 3.48. The second kappa shape index (κ2) is 7.41. The molecule has 3 heterocycles. The lowest BCUT2D eigenvalue weighted by atomic mass is 9.84. The molecule has 0 aliphatic heterocycles. The number of pyridine rings is 1. The maximum Gasteiger partial charge on any atom is 0.131 e. The average Bonchev–Trinajstić information content (AvgIpc) is 3.22. The van der Waals surface area contributed by atoms with Gasteiger partial charge in [-0.15, -0.1) is 22.7 Å². The smallest absolute Gasteiger partial charge is 0.131 e. The van der Waals surface area contributed by atoms with Crippen LogP contribution in [0.2, 0.25) is 10.2 Å². The first-order chi connectivity index (χ1) is 12.1. The molecule has 7 heteroatoms. The maximum absolute atomic E-state index is 6.71. The van der Waals surface area contributed by atoms with Crippen LogP contribution in [0.15, 0.2) is 23.6 Å². The van der Waals surface area contributed by atoms with E-state index in [9.17, 15) is 0 Å². The number of thiophene rings is 2. The summed E-state index contributed by atoms with van der Waals surface area (Å²) in [7, 11) is 0. The Morgan fingerprint density at radius 1 is 1.28 bits per heavy atom. The van der Waals surface area contributed by atoms with Gasteiger partial charge in [-0.2, -0.15) is 0 Å². The monoisotopic (exact) mass is 411 g/mol. The van der Waals surface area contributed by atoms with E-state index in [0.717, 1.165) is 45.2 Å². The third-order valence-corrected chi connectivity index (χ3v) is 7.68. The molecule has 0 amide bonds. The molecule has 1 aliphatic carbocycles. The SMILES string of the molecule is N[C@H]1CCCC[C@H]1c1sc2c(NCc3cccs3)cc(Cl)nc2c1Cl. The predicted molar refractivity (Wildman–Crippen MR) is 110 cm³/mol. The number of fused-ring (bicyclic) bond motifs is 1. The van der Waals surface area contributed by atoms with Gasteiger partial charge in [0, 0.05) is 34.3 Å². The lowest BCUT2D eigenvalue weighted by Crippen LogP contribution is -2.30. The quantitative estimate of drug-likeness (QED) is 0.497. The molecule has 2 atom stereocenters. The van der Waals surface area contributed by atoms with Gasteiger partial charge in [0.05, 0.1) is 15.4 Å². The summed E-state index contributed by atoms with van der Waals surface area (Å²) in [6, 6.07) is 6.24. The Morgan fingerprint density at radius 2 is 2.12 bits per heavy atom. The van der Waals surface area contributed by atoms with Crippen LogP contribution in [0.5, 0.6) is 0 Å². The Bertz CT molecular complexity index is 876. The molecule has 132 valence electrons. The summed E-state index contributed by atoms with van der Waals surface area (Å²) in [4.78, 5) is 6.93.